The van der Waals surface area contributed by atoms with Gasteiger partial charge in [0.05, 0.1) is 42.6 Å². The van der Waals surface area contributed by atoms with Crippen molar-refractivity contribution in [1.29, 1.82) is 0 Å². The van der Waals surface area contributed by atoms with Crippen LogP contribution in [0.15, 0.2) is 42.5 Å². The zero-order chi connectivity index (χ0) is 33.3. The normalized spacial score (nSPS) is 20.2. The van der Waals surface area contributed by atoms with Gasteiger partial charge in [0.15, 0.2) is 5.82 Å². The number of nitrogens with two attached hydrogens (primary N) is 2. The summed E-state index contributed by atoms with van der Waals surface area (Å²) < 4.78 is 55.1. The number of benzene rings is 2. The maximum atomic E-state index is 14.7. The van der Waals surface area contributed by atoms with E-state index in [0.29, 0.717) is 65.5 Å². The zero-order valence-electron chi connectivity index (χ0n) is 26.4. The first kappa shape index (κ1) is 32.4. The van der Waals surface area contributed by atoms with E-state index < -0.39 is 29.6 Å². The number of fused-ring (bicyclic) bond motifs is 1. The van der Waals surface area contributed by atoms with E-state index in [-0.39, 0.29) is 31.9 Å². The smallest absolute Gasteiger partial charge is 0.404 e. The molecule has 3 heterocycles. The van der Waals surface area contributed by atoms with Gasteiger partial charge in [-0.05, 0) is 56.0 Å². The molecular weight excluding hydrogens is 613 g/mol. The Morgan fingerprint density at radius 2 is 1.85 bits per heavy atom. The number of H-pyrrole nitrogens is 1. The number of carbonyl (C=O) groups is 1. The van der Waals surface area contributed by atoms with Crippen molar-refractivity contribution in [2.75, 3.05) is 31.8 Å². The Kier molecular flexibility index (Phi) is 8.88. The van der Waals surface area contributed by atoms with Crippen LogP contribution in [-0.4, -0.2) is 64.0 Å². The number of anilines is 2. The predicted molar refractivity (Wildman–Crippen MR) is 172 cm³/mol. The molecule has 2 unspecified atom stereocenters. The van der Waals surface area contributed by atoms with E-state index in [1.165, 1.54) is 4.90 Å². The van der Waals surface area contributed by atoms with Crippen molar-refractivity contribution in [2.24, 2.45) is 11.7 Å². The first-order valence-corrected chi connectivity index (χ1v) is 15.7. The molecule has 1 aliphatic carbocycles. The number of hydrogen-bond donors (Lipinski definition) is 4. The number of aromatic amines is 1. The Morgan fingerprint density at radius 1 is 1.06 bits per heavy atom. The number of piperidine rings is 1. The number of hydrogen-bond acceptors (Lipinski definition) is 9. The third-order valence-corrected chi connectivity index (χ3v) is 9.61. The van der Waals surface area contributed by atoms with E-state index in [1.54, 1.807) is 26.4 Å². The van der Waals surface area contributed by atoms with Crippen LogP contribution >= 0.6 is 0 Å². The fourth-order valence-electron chi connectivity index (χ4n) is 7.13. The van der Waals surface area contributed by atoms with Crippen molar-refractivity contribution in [1.82, 2.24) is 25.1 Å². The quantitative estimate of drug-likeness (QED) is 0.183. The predicted octanol–water partition coefficient (Wildman–Crippen LogP) is 5.52. The topological polar surface area (TPSA) is 157 Å². The minimum absolute atomic E-state index is 0.0882. The van der Waals surface area contributed by atoms with E-state index in [4.69, 9.17) is 30.9 Å². The molecule has 14 heteroatoms. The molecule has 0 bridgehead atoms. The molecule has 2 aromatic carbocycles. The first-order chi connectivity index (χ1) is 22.5. The lowest BCUT2D eigenvalue weighted by molar-refractivity contribution is -0.217. The Balaban J connectivity index is 1.48. The molecule has 2 atom stereocenters. The number of likely N-dealkylation sites (tertiary alicyclic amines) is 1. The number of nitrogens with one attached hydrogen (secondary N) is 2. The lowest BCUT2D eigenvalue weighted by atomic mass is 9.74. The fourth-order valence-corrected chi connectivity index (χ4v) is 7.13. The van der Waals surface area contributed by atoms with E-state index in [9.17, 15) is 18.0 Å². The number of halogens is 3. The number of primary amides is 1. The highest BCUT2D eigenvalue weighted by Crippen LogP contribution is 2.49. The van der Waals surface area contributed by atoms with Gasteiger partial charge >= 0.3 is 6.18 Å². The molecule has 1 aliphatic heterocycles. The summed E-state index contributed by atoms with van der Waals surface area (Å²) in [5.74, 6) is 0.555. The van der Waals surface area contributed by atoms with Gasteiger partial charge in [0.25, 0.3) is 0 Å². The SMILES string of the molecule is COc1ccc(CNc2nc(-c3ccc4c(N)n[nH]c4c3)cc(C3(N4CC(C(N)=O)CCC4C(F)(F)F)CCCCC3)n2)c(OC)c1. The van der Waals surface area contributed by atoms with Crippen LogP contribution in [0, 0.1) is 5.92 Å². The molecule has 11 nitrogen and oxygen atoms in total. The molecule has 1 saturated carbocycles. The molecule has 250 valence electrons. The van der Waals surface area contributed by atoms with Gasteiger partial charge in [-0.25, -0.2) is 9.97 Å². The molecule has 6 N–H and O–H groups in total. The lowest BCUT2D eigenvalue weighted by Gasteiger charge is -2.53. The van der Waals surface area contributed by atoms with Gasteiger partial charge < -0.3 is 26.3 Å². The van der Waals surface area contributed by atoms with Crippen LogP contribution in [0.25, 0.3) is 22.2 Å². The van der Waals surface area contributed by atoms with Gasteiger partial charge in [0, 0.05) is 35.7 Å². The molecule has 2 aromatic heterocycles. The molecule has 47 heavy (non-hydrogen) atoms. The third kappa shape index (κ3) is 6.38. The molecule has 2 fully saturated rings. The first-order valence-electron chi connectivity index (χ1n) is 15.7. The number of aromatic nitrogens is 4. The summed E-state index contributed by atoms with van der Waals surface area (Å²) in [5.41, 5.74) is 13.8. The van der Waals surface area contributed by atoms with E-state index in [0.717, 1.165) is 17.4 Å². The molecular formula is C33H39F3N8O3. The van der Waals surface area contributed by atoms with Crippen molar-refractivity contribution >= 4 is 28.6 Å². The minimum Gasteiger partial charge on any atom is -0.497 e. The van der Waals surface area contributed by atoms with Gasteiger partial charge in [-0.1, -0.05) is 25.3 Å². The Morgan fingerprint density at radius 3 is 2.55 bits per heavy atom. The standard InChI is InChI=1S/C33H39F3N8O3/c1-46-22-9-6-20(26(15-22)47-2)17-39-31-40-24(19-7-10-23-25(14-19)42-43-29(23)37)16-27(41-31)32(12-4-3-5-13-32)44-18-21(30(38)45)8-11-28(44)33(34,35)36/h6-7,9-10,14-16,21,28H,3-5,8,11-13,17-18H2,1-2H3,(H2,38,45)(H3,37,42,43)(H,39,40,41). The fraction of sp³-hybridized carbons (Fsp3) is 0.455. The summed E-state index contributed by atoms with van der Waals surface area (Å²) in [7, 11) is 3.13. The highest BCUT2D eigenvalue weighted by molar-refractivity contribution is 5.91. The molecule has 1 saturated heterocycles. The summed E-state index contributed by atoms with van der Waals surface area (Å²) in [6.07, 6.45) is -1.40. The number of nitrogens with zero attached hydrogens (tertiary/aromatic N) is 4. The monoisotopic (exact) mass is 652 g/mol. The van der Waals surface area contributed by atoms with Crippen LogP contribution in [0.2, 0.25) is 0 Å². The van der Waals surface area contributed by atoms with Gasteiger partial charge in [0.1, 0.15) is 17.5 Å². The molecule has 0 spiro atoms. The van der Waals surface area contributed by atoms with E-state index in [1.807, 2.05) is 30.3 Å². The summed E-state index contributed by atoms with van der Waals surface area (Å²) in [4.78, 5) is 23.6. The van der Waals surface area contributed by atoms with Crippen molar-refractivity contribution in [3.63, 3.8) is 0 Å². The van der Waals surface area contributed by atoms with Crippen LogP contribution in [0.4, 0.5) is 24.9 Å². The van der Waals surface area contributed by atoms with Crippen molar-refractivity contribution in [2.45, 2.75) is 69.2 Å². The highest BCUT2D eigenvalue weighted by atomic mass is 19.4. The van der Waals surface area contributed by atoms with Crippen LogP contribution < -0.4 is 26.3 Å². The number of nitrogen functional groups attached to an aromatic ring is 1. The lowest BCUT2D eigenvalue weighted by Crippen LogP contribution is -2.62. The van der Waals surface area contributed by atoms with Gasteiger partial charge in [0.2, 0.25) is 11.9 Å². The number of carbonyl (C=O) groups excluding carboxylic acids is 1. The van der Waals surface area contributed by atoms with Crippen LogP contribution in [0.5, 0.6) is 11.5 Å². The third-order valence-electron chi connectivity index (χ3n) is 9.61. The largest absolute Gasteiger partial charge is 0.497 e. The second-order valence-electron chi connectivity index (χ2n) is 12.3. The Bertz CT molecular complexity index is 1750. The van der Waals surface area contributed by atoms with Crippen molar-refractivity contribution in [3.05, 3.63) is 53.7 Å². The summed E-state index contributed by atoms with van der Waals surface area (Å²) in [6, 6.07) is 11.0. The molecule has 6 rings (SSSR count). The Labute approximate surface area is 270 Å². The van der Waals surface area contributed by atoms with Gasteiger partial charge in [-0.2, -0.15) is 18.3 Å². The molecule has 1 amide bonds. The highest BCUT2D eigenvalue weighted by Gasteiger charge is 2.55. The number of methoxy groups -OCH3 is 2. The second kappa shape index (κ2) is 12.9. The molecule has 4 aromatic rings. The Hall–Kier alpha value is -4.59. The van der Waals surface area contributed by atoms with Crippen LogP contribution in [0.3, 0.4) is 0 Å². The zero-order valence-corrected chi connectivity index (χ0v) is 26.4. The number of amides is 1. The second-order valence-corrected chi connectivity index (χ2v) is 12.3. The van der Waals surface area contributed by atoms with Crippen molar-refractivity contribution in [3.8, 4) is 22.8 Å². The average Bonchev–Trinajstić information content (AvgIpc) is 3.46. The summed E-state index contributed by atoms with van der Waals surface area (Å²) in [6.45, 7) is 0.182. The van der Waals surface area contributed by atoms with Crippen LogP contribution in [0.1, 0.15) is 56.2 Å². The number of rotatable bonds is 9. The summed E-state index contributed by atoms with van der Waals surface area (Å²) in [5, 5.41) is 11.1. The van der Waals surface area contributed by atoms with Crippen LogP contribution in [-0.2, 0) is 16.9 Å². The minimum atomic E-state index is -4.50. The van der Waals surface area contributed by atoms with E-state index in [2.05, 4.69) is 15.5 Å². The summed E-state index contributed by atoms with van der Waals surface area (Å²) >= 11 is 0. The van der Waals surface area contributed by atoms with Gasteiger partial charge in [-0.15, -0.1) is 0 Å². The maximum Gasteiger partial charge on any atom is 0.404 e. The van der Waals surface area contributed by atoms with Gasteiger partial charge in [-0.3, -0.25) is 14.8 Å². The number of ether oxygens (including phenoxy) is 2. The average molecular weight is 653 g/mol. The number of alkyl halides is 3. The van der Waals surface area contributed by atoms with Crippen molar-refractivity contribution < 1.29 is 27.4 Å². The molecule has 2 aliphatic rings. The molecule has 0 radical (unpaired) electrons. The maximum absolute atomic E-state index is 14.7. The van der Waals surface area contributed by atoms with E-state index >= 15 is 0 Å².